The molecule has 0 fully saturated rings. The van der Waals surface area contributed by atoms with Gasteiger partial charge in [-0.05, 0) is 46.1 Å². The molecule has 1 aromatic carbocycles. The van der Waals surface area contributed by atoms with E-state index in [1.54, 1.807) is 12.1 Å². The molecule has 5 nitrogen and oxygen atoms in total. The van der Waals surface area contributed by atoms with E-state index >= 15 is 0 Å². The monoisotopic (exact) mass is 346 g/mol. The highest BCUT2D eigenvalue weighted by molar-refractivity contribution is 7.91. The Labute approximate surface area is 137 Å². The summed E-state index contributed by atoms with van der Waals surface area (Å²) in [5.74, 6) is -0.512. The van der Waals surface area contributed by atoms with E-state index < -0.39 is 9.84 Å². The van der Waals surface area contributed by atoms with E-state index in [4.69, 9.17) is 11.6 Å². The minimum absolute atomic E-state index is 0.0711. The first-order chi connectivity index (χ1) is 10.0. The third-order valence-electron chi connectivity index (χ3n) is 3.68. The summed E-state index contributed by atoms with van der Waals surface area (Å²) < 4.78 is 24.3. The lowest BCUT2D eigenvalue weighted by Gasteiger charge is -2.32. The van der Waals surface area contributed by atoms with E-state index in [-0.39, 0.29) is 28.5 Å². The Kier molecular flexibility index (Phi) is 6.40. The van der Waals surface area contributed by atoms with Gasteiger partial charge < -0.3 is 10.2 Å². The lowest BCUT2D eigenvalue weighted by molar-refractivity contribution is -0.121. The van der Waals surface area contributed by atoms with Crippen LogP contribution in [0.15, 0.2) is 29.2 Å². The molecule has 7 heteroatoms. The van der Waals surface area contributed by atoms with Crippen LogP contribution in [0, 0.1) is 0 Å². The molecule has 0 heterocycles. The van der Waals surface area contributed by atoms with Crippen molar-refractivity contribution in [2.24, 2.45) is 0 Å². The quantitative estimate of drug-likeness (QED) is 0.819. The lowest BCUT2D eigenvalue weighted by Crippen LogP contribution is -2.48. The number of carbonyl (C=O) groups is 1. The number of benzene rings is 1. The summed E-state index contributed by atoms with van der Waals surface area (Å²) in [6.45, 7) is 4.45. The van der Waals surface area contributed by atoms with Gasteiger partial charge in [-0.25, -0.2) is 8.42 Å². The zero-order chi connectivity index (χ0) is 17.0. The van der Waals surface area contributed by atoms with Gasteiger partial charge in [0.1, 0.15) is 0 Å². The number of nitrogens with zero attached hydrogens (tertiary/aromatic N) is 1. The van der Waals surface area contributed by atoms with Gasteiger partial charge in [0.05, 0.1) is 10.6 Å². The third-order valence-corrected chi connectivity index (χ3v) is 5.63. The standard InChI is InChI=1S/C15H23ClN2O3S/c1-15(2,18(3)4)11-17-14(19)8-9-22(20,21)13-7-5-6-12(16)10-13/h5-7,10H,8-9,11H2,1-4H3,(H,17,19). The molecule has 0 radical (unpaired) electrons. The van der Waals surface area contributed by atoms with Crippen LogP contribution in [0.1, 0.15) is 20.3 Å². The number of likely N-dealkylation sites (N-methyl/N-ethyl adjacent to an activating group) is 1. The highest BCUT2D eigenvalue weighted by Crippen LogP contribution is 2.17. The first-order valence-electron chi connectivity index (χ1n) is 6.97. The van der Waals surface area contributed by atoms with Crippen LogP contribution in [-0.2, 0) is 14.6 Å². The molecule has 22 heavy (non-hydrogen) atoms. The molecule has 0 aliphatic rings. The highest BCUT2D eigenvalue weighted by atomic mass is 35.5. The van der Waals surface area contributed by atoms with Crippen molar-refractivity contribution in [3.05, 3.63) is 29.3 Å². The second-order valence-electron chi connectivity index (χ2n) is 6.01. The van der Waals surface area contributed by atoms with E-state index in [2.05, 4.69) is 5.32 Å². The summed E-state index contributed by atoms with van der Waals surface area (Å²) >= 11 is 5.79. The average molecular weight is 347 g/mol. The van der Waals surface area contributed by atoms with Crippen LogP contribution in [0.25, 0.3) is 0 Å². The van der Waals surface area contributed by atoms with Crippen LogP contribution in [0.3, 0.4) is 0 Å². The normalized spacial score (nSPS) is 12.5. The molecule has 0 aliphatic heterocycles. The number of hydrogen-bond acceptors (Lipinski definition) is 4. The van der Waals surface area contributed by atoms with Crippen molar-refractivity contribution in [3.63, 3.8) is 0 Å². The summed E-state index contributed by atoms with van der Waals surface area (Å²) in [4.78, 5) is 14.0. The van der Waals surface area contributed by atoms with Crippen molar-refractivity contribution in [3.8, 4) is 0 Å². The number of halogens is 1. The zero-order valence-electron chi connectivity index (χ0n) is 13.4. The molecule has 0 atom stereocenters. The van der Waals surface area contributed by atoms with E-state index in [9.17, 15) is 13.2 Å². The first kappa shape index (κ1) is 18.9. The van der Waals surface area contributed by atoms with Crippen molar-refractivity contribution < 1.29 is 13.2 Å². The van der Waals surface area contributed by atoms with E-state index in [0.717, 1.165) is 0 Å². The van der Waals surface area contributed by atoms with Crippen molar-refractivity contribution >= 4 is 27.3 Å². The fourth-order valence-electron chi connectivity index (χ4n) is 1.57. The molecule has 1 N–H and O–H groups in total. The second-order valence-corrected chi connectivity index (χ2v) is 8.56. The van der Waals surface area contributed by atoms with Gasteiger partial charge in [-0.1, -0.05) is 17.7 Å². The van der Waals surface area contributed by atoms with Gasteiger partial charge in [-0.2, -0.15) is 0 Å². The maximum absolute atomic E-state index is 12.2. The van der Waals surface area contributed by atoms with Crippen molar-refractivity contribution in [2.75, 3.05) is 26.4 Å². The number of carbonyl (C=O) groups excluding carboxylic acids is 1. The number of rotatable bonds is 7. The van der Waals surface area contributed by atoms with Crippen LogP contribution >= 0.6 is 11.6 Å². The van der Waals surface area contributed by atoms with Crippen molar-refractivity contribution in [1.82, 2.24) is 10.2 Å². The molecule has 1 aromatic rings. The molecule has 124 valence electrons. The largest absolute Gasteiger partial charge is 0.354 e. The molecule has 1 amide bonds. The van der Waals surface area contributed by atoms with E-state index in [1.165, 1.54) is 12.1 Å². The molecule has 0 unspecified atom stereocenters. The third kappa shape index (κ3) is 5.59. The highest BCUT2D eigenvalue weighted by Gasteiger charge is 2.22. The maximum atomic E-state index is 12.2. The van der Waals surface area contributed by atoms with Gasteiger partial charge in [-0.15, -0.1) is 0 Å². The minimum atomic E-state index is -3.50. The number of hydrogen-bond donors (Lipinski definition) is 1. The lowest BCUT2D eigenvalue weighted by atomic mass is 10.0. The molecule has 0 bridgehead atoms. The van der Waals surface area contributed by atoms with Gasteiger partial charge >= 0.3 is 0 Å². The van der Waals surface area contributed by atoms with E-state index in [1.807, 2.05) is 32.8 Å². The summed E-state index contributed by atoms with van der Waals surface area (Å²) in [6, 6.07) is 6.06. The smallest absolute Gasteiger partial charge is 0.221 e. The molecule has 0 aromatic heterocycles. The zero-order valence-corrected chi connectivity index (χ0v) is 15.0. The Morgan fingerprint density at radius 3 is 2.50 bits per heavy atom. The fourth-order valence-corrected chi connectivity index (χ4v) is 3.10. The van der Waals surface area contributed by atoms with Crippen LogP contribution in [0.4, 0.5) is 0 Å². The molecule has 0 aliphatic carbocycles. The summed E-state index contributed by atoms with van der Waals surface area (Å²) in [6.07, 6.45) is -0.0711. The van der Waals surface area contributed by atoms with Gasteiger partial charge in [0.2, 0.25) is 5.91 Å². The number of sulfone groups is 1. The van der Waals surface area contributed by atoms with Crippen LogP contribution < -0.4 is 5.32 Å². The van der Waals surface area contributed by atoms with Gasteiger partial charge in [0.15, 0.2) is 9.84 Å². The van der Waals surface area contributed by atoms with Crippen molar-refractivity contribution in [1.29, 1.82) is 0 Å². The second kappa shape index (κ2) is 7.44. The van der Waals surface area contributed by atoms with Crippen LogP contribution in [-0.4, -0.2) is 51.2 Å². The molecule has 0 saturated heterocycles. The Balaban J connectivity index is 2.57. The molecular formula is C15H23ClN2O3S. The number of amides is 1. The minimum Gasteiger partial charge on any atom is -0.354 e. The number of nitrogens with one attached hydrogen (secondary N) is 1. The first-order valence-corrected chi connectivity index (χ1v) is 9.00. The summed E-state index contributed by atoms with van der Waals surface area (Å²) in [7, 11) is 0.349. The van der Waals surface area contributed by atoms with Crippen LogP contribution in [0.5, 0.6) is 0 Å². The summed E-state index contributed by atoms with van der Waals surface area (Å²) in [5.41, 5.74) is -0.193. The van der Waals surface area contributed by atoms with Crippen molar-refractivity contribution in [2.45, 2.75) is 30.7 Å². The Morgan fingerprint density at radius 2 is 1.95 bits per heavy atom. The SMILES string of the molecule is CN(C)C(C)(C)CNC(=O)CCS(=O)(=O)c1cccc(Cl)c1. The molecule has 1 rings (SSSR count). The van der Waals surface area contributed by atoms with Gasteiger partial charge in [-0.3, -0.25) is 4.79 Å². The predicted molar refractivity (Wildman–Crippen MR) is 88.9 cm³/mol. The van der Waals surface area contributed by atoms with Gasteiger partial charge in [0, 0.05) is 23.5 Å². The van der Waals surface area contributed by atoms with Crippen LogP contribution in [0.2, 0.25) is 5.02 Å². The summed E-state index contributed by atoms with van der Waals surface area (Å²) in [5, 5.41) is 3.13. The molecule has 0 spiro atoms. The maximum Gasteiger partial charge on any atom is 0.221 e. The average Bonchev–Trinajstić information content (AvgIpc) is 2.43. The Bertz CT molecular complexity index is 627. The Hall–Kier alpha value is -1.11. The van der Waals surface area contributed by atoms with Gasteiger partial charge in [0.25, 0.3) is 0 Å². The Morgan fingerprint density at radius 1 is 1.32 bits per heavy atom. The molecular weight excluding hydrogens is 324 g/mol. The molecule has 0 saturated carbocycles. The topological polar surface area (TPSA) is 66.5 Å². The fraction of sp³-hybridized carbons (Fsp3) is 0.533. The predicted octanol–water partition coefficient (Wildman–Crippen LogP) is 1.96. The van der Waals surface area contributed by atoms with E-state index in [0.29, 0.717) is 11.6 Å².